The van der Waals surface area contributed by atoms with Gasteiger partial charge >= 0.3 is 0 Å². The minimum absolute atomic E-state index is 0.655. The van der Waals surface area contributed by atoms with Crippen LogP contribution >= 0.6 is 0 Å². The Hall–Kier alpha value is -8.12. The van der Waals surface area contributed by atoms with E-state index in [1.807, 2.05) is 0 Å². The Morgan fingerprint density at radius 2 is 0.841 bits per heavy atom. The van der Waals surface area contributed by atoms with Crippen LogP contribution < -0.4 is 25.6 Å². The number of nitrogens with zero attached hydrogens (tertiary/aromatic N) is 4. The number of para-hydroxylation sites is 4. The van der Waals surface area contributed by atoms with E-state index in [2.05, 4.69) is 240 Å². The van der Waals surface area contributed by atoms with Crippen molar-refractivity contribution in [1.82, 2.24) is 14.5 Å². The van der Waals surface area contributed by atoms with Gasteiger partial charge in [-0.2, -0.15) is 0 Å². The molecule has 0 saturated heterocycles. The molecule has 4 heterocycles. The normalized spacial score (nSPS) is 13.2. The lowest BCUT2D eigenvalue weighted by Gasteiger charge is -2.42. The molecular weight excluding hydrogens is 781 g/mol. The molecule has 2 aliphatic rings. The molecule has 0 aliphatic carbocycles. The van der Waals surface area contributed by atoms with Gasteiger partial charge in [0.15, 0.2) is 8.07 Å². The van der Waals surface area contributed by atoms with E-state index in [1.165, 1.54) is 64.8 Å². The average molecular weight is 819 g/mol. The highest BCUT2D eigenvalue weighted by Gasteiger charge is 2.54. The Labute approximate surface area is 366 Å². The highest BCUT2D eigenvalue weighted by atomic mass is 28.3. The number of aromatic nitrogens is 3. The van der Waals surface area contributed by atoms with Gasteiger partial charge in [-0.05, 0) is 91.5 Å². The summed E-state index contributed by atoms with van der Waals surface area (Å²) in [6.07, 6.45) is 0. The summed E-state index contributed by atoms with van der Waals surface area (Å²) in [7, 11) is -2.93. The quantitative estimate of drug-likeness (QED) is 0.162. The average Bonchev–Trinajstić information content (AvgIpc) is 3.85. The summed E-state index contributed by atoms with van der Waals surface area (Å²) in [5, 5.41) is 8.01. The van der Waals surface area contributed by atoms with Crippen LogP contribution in [0, 0.1) is 0 Å². The lowest BCUT2D eigenvalue weighted by atomic mass is 9.99. The first-order valence-electron chi connectivity index (χ1n) is 21.6. The molecule has 63 heavy (non-hydrogen) atoms. The van der Waals surface area contributed by atoms with Crippen LogP contribution in [0.5, 0.6) is 0 Å². The van der Waals surface area contributed by atoms with Crippen molar-refractivity contribution in [3.63, 3.8) is 0 Å². The van der Waals surface area contributed by atoms with E-state index in [-0.39, 0.29) is 0 Å². The first kappa shape index (κ1) is 35.6. The third-order valence-corrected chi connectivity index (χ3v) is 18.1. The van der Waals surface area contributed by atoms with Gasteiger partial charge in [0.1, 0.15) is 0 Å². The minimum atomic E-state index is -2.93. The van der Waals surface area contributed by atoms with Crippen LogP contribution in [0.4, 0.5) is 17.3 Å². The van der Waals surface area contributed by atoms with Crippen molar-refractivity contribution in [2.24, 2.45) is 0 Å². The molecule has 0 saturated carbocycles. The molecule has 13 rings (SSSR count). The molecular formula is C58H38N4Si. The zero-order valence-electron chi connectivity index (χ0n) is 34.2. The van der Waals surface area contributed by atoms with Crippen molar-refractivity contribution in [2.45, 2.75) is 0 Å². The fourth-order valence-electron chi connectivity index (χ4n) is 10.6. The molecule has 5 heteroatoms. The zero-order valence-corrected chi connectivity index (χ0v) is 35.2. The molecule has 0 N–H and O–H groups in total. The monoisotopic (exact) mass is 818 g/mol. The number of hydrogen-bond donors (Lipinski definition) is 0. The van der Waals surface area contributed by atoms with Crippen molar-refractivity contribution in [2.75, 3.05) is 4.90 Å². The SMILES string of the molecule is c1ccc(-c2cc(-c3ccccc3)nc(N3c4ccccc4[Si]4(c5ccccc5-c5ccc(-c6ccc7c(c6)c6ccccc6n7-c6ccccc6)cc54)c4ccccc43)n2)cc1. The van der Waals surface area contributed by atoms with Crippen molar-refractivity contribution >= 4 is 67.9 Å². The predicted octanol–water partition coefficient (Wildman–Crippen LogP) is 11.7. The second-order valence-electron chi connectivity index (χ2n) is 16.5. The molecule has 2 aliphatic heterocycles. The van der Waals surface area contributed by atoms with Crippen LogP contribution in [0.15, 0.2) is 231 Å². The number of rotatable bonds is 5. The van der Waals surface area contributed by atoms with Gasteiger partial charge in [-0.15, -0.1) is 0 Å². The second-order valence-corrected chi connectivity index (χ2v) is 20.2. The van der Waals surface area contributed by atoms with E-state index in [4.69, 9.17) is 9.97 Å². The molecule has 2 aromatic heterocycles. The maximum atomic E-state index is 5.40. The van der Waals surface area contributed by atoms with Gasteiger partial charge in [0.05, 0.1) is 22.4 Å². The van der Waals surface area contributed by atoms with Gasteiger partial charge in [0, 0.05) is 39.0 Å². The number of fused-ring (bicyclic) bond motifs is 12. The van der Waals surface area contributed by atoms with Gasteiger partial charge < -0.3 is 4.57 Å². The maximum absolute atomic E-state index is 5.40. The summed E-state index contributed by atoms with van der Waals surface area (Å²) < 4.78 is 2.39. The van der Waals surface area contributed by atoms with E-state index in [0.717, 1.165) is 39.6 Å². The predicted molar refractivity (Wildman–Crippen MR) is 264 cm³/mol. The second kappa shape index (κ2) is 14.0. The third kappa shape index (κ3) is 5.27. The van der Waals surface area contributed by atoms with E-state index in [1.54, 1.807) is 0 Å². The lowest BCUT2D eigenvalue weighted by molar-refractivity contribution is 1.09. The largest absolute Gasteiger partial charge is 0.309 e. The fraction of sp³-hybridized carbons (Fsp3) is 0. The molecule has 0 bridgehead atoms. The van der Waals surface area contributed by atoms with Gasteiger partial charge in [-0.1, -0.05) is 182 Å². The van der Waals surface area contributed by atoms with Crippen LogP contribution in [0.25, 0.3) is 72.3 Å². The number of anilines is 3. The molecule has 0 atom stereocenters. The molecule has 4 nitrogen and oxygen atoms in total. The standard InChI is InChI=1S/C58H38N4Si/c1-4-18-39(19-5-1)48-38-49(40-20-6-2-7-21-40)60-58(59-48)62-52-27-13-16-30-55(52)63(56-31-17-14-28-53(56)62)54-29-15-11-25-45(54)46-34-32-42(37-57(46)63)41-33-35-51-47(36-41)44-24-10-12-26-50(44)61(51)43-22-8-3-9-23-43/h1-38H. The highest BCUT2D eigenvalue weighted by molar-refractivity contribution is 7.23. The first-order chi connectivity index (χ1) is 31.3. The number of benzene rings is 9. The zero-order chi connectivity index (χ0) is 41.5. The Morgan fingerprint density at radius 1 is 0.333 bits per heavy atom. The summed E-state index contributed by atoms with van der Waals surface area (Å²) in [6, 6.07) is 84.0. The van der Waals surface area contributed by atoms with Crippen molar-refractivity contribution < 1.29 is 0 Å². The molecule has 294 valence electrons. The van der Waals surface area contributed by atoms with E-state index in [9.17, 15) is 0 Å². The van der Waals surface area contributed by atoms with Gasteiger partial charge in [-0.25, -0.2) is 9.97 Å². The van der Waals surface area contributed by atoms with Crippen molar-refractivity contribution in [3.8, 4) is 50.5 Å². The molecule has 0 amide bonds. The number of hydrogen-bond acceptors (Lipinski definition) is 3. The smallest absolute Gasteiger partial charge is 0.235 e. The first-order valence-corrected chi connectivity index (χ1v) is 23.6. The van der Waals surface area contributed by atoms with Gasteiger partial charge in [-0.3, -0.25) is 4.90 Å². The summed E-state index contributed by atoms with van der Waals surface area (Å²) in [4.78, 5) is 13.1. The van der Waals surface area contributed by atoms with Crippen LogP contribution in [-0.2, 0) is 0 Å². The Morgan fingerprint density at radius 3 is 1.52 bits per heavy atom. The Kier molecular flexibility index (Phi) is 7.89. The Bertz CT molecular complexity index is 3480. The van der Waals surface area contributed by atoms with Crippen molar-refractivity contribution in [3.05, 3.63) is 231 Å². The summed E-state index contributed by atoms with van der Waals surface area (Å²) >= 11 is 0. The van der Waals surface area contributed by atoms with Crippen molar-refractivity contribution in [1.29, 1.82) is 0 Å². The summed E-state index contributed by atoms with van der Waals surface area (Å²) in [6.45, 7) is 0. The fourth-order valence-corrected chi connectivity index (χ4v) is 16.1. The van der Waals surface area contributed by atoms with E-state index < -0.39 is 8.07 Å². The molecule has 0 unspecified atom stereocenters. The molecule has 11 aromatic rings. The van der Waals surface area contributed by atoms with E-state index in [0.29, 0.717) is 5.95 Å². The van der Waals surface area contributed by atoms with Crippen LogP contribution in [0.3, 0.4) is 0 Å². The van der Waals surface area contributed by atoms with Crippen LogP contribution in [0.2, 0.25) is 0 Å². The topological polar surface area (TPSA) is 34.0 Å². The molecule has 9 aromatic carbocycles. The molecule has 0 fully saturated rings. The minimum Gasteiger partial charge on any atom is -0.309 e. The van der Waals surface area contributed by atoms with E-state index >= 15 is 0 Å². The molecule has 1 spiro atoms. The molecule has 0 radical (unpaired) electrons. The highest BCUT2D eigenvalue weighted by Crippen LogP contribution is 2.42. The van der Waals surface area contributed by atoms with Gasteiger partial charge in [0.25, 0.3) is 0 Å². The maximum Gasteiger partial charge on any atom is 0.235 e. The summed E-state index contributed by atoms with van der Waals surface area (Å²) in [5.41, 5.74) is 14.8. The Balaban J connectivity index is 1.04. The van der Waals surface area contributed by atoms with Crippen LogP contribution in [-0.4, -0.2) is 22.6 Å². The summed E-state index contributed by atoms with van der Waals surface area (Å²) in [5.74, 6) is 0.655. The van der Waals surface area contributed by atoms with Gasteiger partial charge in [0.2, 0.25) is 5.95 Å². The third-order valence-electron chi connectivity index (χ3n) is 13.2. The van der Waals surface area contributed by atoms with Crippen LogP contribution in [0.1, 0.15) is 0 Å². The lowest BCUT2D eigenvalue weighted by Crippen LogP contribution is -2.75.